The molecule has 3 unspecified atom stereocenters. The lowest BCUT2D eigenvalue weighted by atomic mass is 9.99. The summed E-state index contributed by atoms with van der Waals surface area (Å²) in [7, 11) is 0. The van der Waals surface area contributed by atoms with E-state index >= 15 is 0 Å². The molecule has 1 aromatic rings. The van der Waals surface area contributed by atoms with E-state index in [4.69, 9.17) is 4.74 Å². The summed E-state index contributed by atoms with van der Waals surface area (Å²) in [6.45, 7) is 7.28. The number of amides is 1. The zero-order chi connectivity index (χ0) is 15.2. The van der Waals surface area contributed by atoms with Gasteiger partial charge in [0, 0.05) is 17.6 Å². The third-order valence-corrected chi connectivity index (χ3v) is 4.11. The van der Waals surface area contributed by atoms with E-state index in [2.05, 4.69) is 24.5 Å². The fraction of sp³-hybridized carbons (Fsp3) is 0.588. The molecular weight excluding hydrogens is 264 g/mol. The van der Waals surface area contributed by atoms with Crippen LogP contribution in [0.2, 0.25) is 0 Å². The van der Waals surface area contributed by atoms with E-state index in [0.717, 1.165) is 31.6 Å². The molecule has 1 aromatic carbocycles. The van der Waals surface area contributed by atoms with Crippen molar-refractivity contribution in [3.8, 4) is 5.75 Å². The molecule has 21 heavy (non-hydrogen) atoms. The van der Waals surface area contributed by atoms with E-state index in [-0.39, 0.29) is 18.1 Å². The molecule has 0 spiro atoms. The van der Waals surface area contributed by atoms with Crippen LogP contribution in [0.5, 0.6) is 5.75 Å². The number of hydrogen-bond donors (Lipinski definition) is 2. The molecule has 116 valence electrons. The second-order valence-corrected chi connectivity index (χ2v) is 5.83. The number of benzene rings is 1. The molecule has 0 aromatic heterocycles. The molecule has 1 saturated heterocycles. The number of nitrogens with one attached hydrogen (secondary N) is 2. The summed E-state index contributed by atoms with van der Waals surface area (Å²) in [5.74, 6) is 0.805. The van der Waals surface area contributed by atoms with E-state index in [9.17, 15) is 4.79 Å². The van der Waals surface area contributed by atoms with Gasteiger partial charge >= 0.3 is 0 Å². The van der Waals surface area contributed by atoms with E-state index in [1.165, 1.54) is 0 Å². The fourth-order valence-electron chi connectivity index (χ4n) is 2.49. The molecule has 2 N–H and O–H groups in total. The smallest absolute Gasteiger partial charge is 0.251 e. The normalized spacial score (nSPS) is 23.4. The Balaban J connectivity index is 1.93. The van der Waals surface area contributed by atoms with E-state index in [1.807, 2.05) is 31.2 Å². The lowest BCUT2D eigenvalue weighted by Gasteiger charge is -2.30. The first-order valence-electron chi connectivity index (χ1n) is 7.91. The molecule has 3 atom stereocenters. The highest BCUT2D eigenvalue weighted by Crippen LogP contribution is 2.16. The van der Waals surface area contributed by atoms with E-state index in [0.29, 0.717) is 11.6 Å². The molecule has 4 nitrogen and oxygen atoms in total. The number of carbonyl (C=O) groups is 1. The van der Waals surface area contributed by atoms with Crippen molar-refractivity contribution in [3.63, 3.8) is 0 Å². The van der Waals surface area contributed by atoms with Gasteiger partial charge in [-0.2, -0.15) is 0 Å². The van der Waals surface area contributed by atoms with Crippen molar-refractivity contribution >= 4 is 5.91 Å². The van der Waals surface area contributed by atoms with Crippen LogP contribution in [0.3, 0.4) is 0 Å². The first-order valence-corrected chi connectivity index (χ1v) is 7.91. The van der Waals surface area contributed by atoms with Crippen LogP contribution in [-0.4, -0.2) is 30.6 Å². The SMILES string of the molecule is CCC(C)Oc1ccc(C(=O)NC2CCCNC2C)cc1. The number of carbonyl (C=O) groups excluding carboxylic acids is 1. The van der Waals surface area contributed by atoms with Crippen LogP contribution >= 0.6 is 0 Å². The van der Waals surface area contributed by atoms with Crippen LogP contribution in [0.4, 0.5) is 0 Å². The maximum Gasteiger partial charge on any atom is 0.251 e. The molecule has 0 saturated carbocycles. The third kappa shape index (κ3) is 4.46. The maximum atomic E-state index is 12.3. The first-order chi connectivity index (χ1) is 10.1. The minimum absolute atomic E-state index is 0.00867. The molecule has 0 aliphatic carbocycles. The maximum absolute atomic E-state index is 12.3. The van der Waals surface area contributed by atoms with Gasteiger partial charge in [0.05, 0.1) is 6.10 Å². The quantitative estimate of drug-likeness (QED) is 0.876. The van der Waals surface area contributed by atoms with Crippen LogP contribution < -0.4 is 15.4 Å². The Kier molecular flexibility index (Phi) is 5.62. The summed E-state index contributed by atoms with van der Waals surface area (Å²) in [5, 5.41) is 6.51. The zero-order valence-electron chi connectivity index (χ0n) is 13.2. The number of hydrogen-bond acceptors (Lipinski definition) is 3. The minimum atomic E-state index is -0.00867. The average molecular weight is 290 g/mol. The van der Waals surface area contributed by atoms with Crippen molar-refractivity contribution in [1.82, 2.24) is 10.6 Å². The molecule has 1 fully saturated rings. The van der Waals surface area contributed by atoms with Gasteiger partial charge < -0.3 is 15.4 Å². The third-order valence-electron chi connectivity index (χ3n) is 4.11. The zero-order valence-corrected chi connectivity index (χ0v) is 13.2. The van der Waals surface area contributed by atoms with Gasteiger partial charge in [0.25, 0.3) is 5.91 Å². The van der Waals surface area contributed by atoms with Crippen molar-refractivity contribution < 1.29 is 9.53 Å². The van der Waals surface area contributed by atoms with Gasteiger partial charge in [0.1, 0.15) is 5.75 Å². The Morgan fingerprint density at radius 1 is 1.43 bits per heavy atom. The second-order valence-electron chi connectivity index (χ2n) is 5.83. The highest BCUT2D eigenvalue weighted by Gasteiger charge is 2.22. The van der Waals surface area contributed by atoms with Gasteiger partial charge in [-0.1, -0.05) is 6.92 Å². The molecule has 1 heterocycles. The van der Waals surface area contributed by atoms with Gasteiger partial charge in [0.15, 0.2) is 0 Å². The molecular formula is C17H26N2O2. The minimum Gasteiger partial charge on any atom is -0.491 e. The van der Waals surface area contributed by atoms with Crippen molar-refractivity contribution in [2.24, 2.45) is 0 Å². The Bertz CT molecular complexity index is 458. The van der Waals surface area contributed by atoms with Crippen LogP contribution in [0, 0.1) is 0 Å². The number of ether oxygens (including phenoxy) is 1. The van der Waals surface area contributed by atoms with Crippen molar-refractivity contribution in [2.45, 2.75) is 58.2 Å². The predicted molar refractivity (Wildman–Crippen MR) is 84.8 cm³/mol. The summed E-state index contributed by atoms with van der Waals surface area (Å²) in [4.78, 5) is 12.3. The van der Waals surface area contributed by atoms with Crippen LogP contribution in [0.15, 0.2) is 24.3 Å². The predicted octanol–water partition coefficient (Wildman–Crippen LogP) is 2.73. The molecule has 0 bridgehead atoms. The van der Waals surface area contributed by atoms with Crippen LogP contribution in [0.1, 0.15) is 50.4 Å². The summed E-state index contributed by atoms with van der Waals surface area (Å²) >= 11 is 0. The number of piperidine rings is 1. The van der Waals surface area contributed by atoms with Gasteiger partial charge in [-0.05, 0) is 63.9 Å². The highest BCUT2D eigenvalue weighted by atomic mass is 16.5. The van der Waals surface area contributed by atoms with E-state index in [1.54, 1.807) is 0 Å². The summed E-state index contributed by atoms with van der Waals surface area (Å²) < 4.78 is 5.72. The summed E-state index contributed by atoms with van der Waals surface area (Å²) in [6.07, 6.45) is 3.31. The average Bonchev–Trinajstić information content (AvgIpc) is 2.50. The van der Waals surface area contributed by atoms with Crippen molar-refractivity contribution in [1.29, 1.82) is 0 Å². The standard InChI is InChI=1S/C17H26N2O2/c1-4-12(2)21-15-9-7-14(8-10-15)17(20)19-16-6-5-11-18-13(16)3/h7-10,12-13,16,18H,4-6,11H2,1-3H3,(H,19,20). The van der Waals surface area contributed by atoms with Gasteiger partial charge in [-0.3, -0.25) is 4.79 Å². The van der Waals surface area contributed by atoms with Crippen molar-refractivity contribution in [3.05, 3.63) is 29.8 Å². The van der Waals surface area contributed by atoms with Crippen LogP contribution in [-0.2, 0) is 0 Å². The Morgan fingerprint density at radius 2 is 2.14 bits per heavy atom. The molecule has 4 heteroatoms. The molecule has 1 aliphatic rings. The summed E-state index contributed by atoms with van der Waals surface area (Å²) in [5.41, 5.74) is 0.685. The molecule has 0 radical (unpaired) electrons. The second kappa shape index (κ2) is 7.46. The Hall–Kier alpha value is -1.55. The summed E-state index contributed by atoms with van der Waals surface area (Å²) in [6, 6.07) is 7.92. The van der Waals surface area contributed by atoms with Gasteiger partial charge in [-0.15, -0.1) is 0 Å². The van der Waals surface area contributed by atoms with Crippen LogP contribution in [0.25, 0.3) is 0 Å². The largest absolute Gasteiger partial charge is 0.491 e. The fourth-order valence-corrected chi connectivity index (χ4v) is 2.49. The topological polar surface area (TPSA) is 50.4 Å². The molecule has 1 amide bonds. The monoisotopic (exact) mass is 290 g/mol. The molecule has 1 aliphatic heterocycles. The van der Waals surface area contributed by atoms with Gasteiger partial charge in [-0.25, -0.2) is 0 Å². The lowest BCUT2D eigenvalue weighted by Crippen LogP contribution is -2.51. The van der Waals surface area contributed by atoms with E-state index < -0.39 is 0 Å². The Labute approximate surface area is 127 Å². The first kappa shape index (κ1) is 15.8. The Morgan fingerprint density at radius 3 is 2.76 bits per heavy atom. The van der Waals surface area contributed by atoms with Gasteiger partial charge in [0.2, 0.25) is 0 Å². The van der Waals surface area contributed by atoms with Crippen molar-refractivity contribution in [2.75, 3.05) is 6.54 Å². The number of rotatable bonds is 5. The lowest BCUT2D eigenvalue weighted by molar-refractivity contribution is 0.0920. The highest BCUT2D eigenvalue weighted by molar-refractivity contribution is 5.94. The molecule has 2 rings (SSSR count).